The quantitative estimate of drug-likeness (QED) is 0.386. The predicted octanol–water partition coefficient (Wildman–Crippen LogP) is 2.36. The summed E-state index contributed by atoms with van der Waals surface area (Å²) < 4.78 is 73.7. The van der Waals surface area contributed by atoms with Crippen LogP contribution in [-0.4, -0.2) is 67.4 Å². The summed E-state index contributed by atoms with van der Waals surface area (Å²) in [6.07, 6.45) is 2.85. The van der Waals surface area contributed by atoms with Crippen LogP contribution in [0.4, 0.5) is 13.2 Å². The molecule has 180 valence electrons. The summed E-state index contributed by atoms with van der Waals surface area (Å²) in [7, 11) is -4.73. The maximum absolute atomic E-state index is 13.2. The lowest BCUT2D eigenvalue weighted by Gasteiger charge is -2.30. The molecule has 1 aromatic heterocycles. The molecule has 0 aliphatic heterocycles. The second-order valence-electron chi connectivity index (χ2n) is 7.36. The average Bonchev–Trinajstić information content (AvgIpc) is 3.53. The van der Waals surface area contributed by atoms with Gasteiger partial charge in [-0.3, -0.25) is 9.59 Å². The van der Waals surface area contributed by atoms with Crippen molar-refractivity contribution in [3.8, 4) is 5.75 Å². The molecule has 1 aliphatic rings. The van der Waals surface area contributed by atoms with Crippen LogP contribution < -0.4 is 10.1 Å². The normalized spacial score (nSPS) is 16.4. The van der Waals surface area contributed by atoms with Gasteiger partial charge in [0.1, 0.15) is 17.5 Å². The average molecular weight is 502 g/mol. The number of halogens is 4. The van der Waals surface area contributed by atoms with E-state index in [9.17, 15) is 31.2 Å². The van der Waals surface area contributed by atoms with Crippen molar-refractivity contribution in [2.75, 3.05) is 20.3 Å². The van der Waals surface area contributed by atoms with Crippen LogP contribution in [-0.2, 0) is 19.6 Å². The molecule has 0 bridgehead atoms. The van der Waals surface area contributed by atoms with Crippen LogP contribution in [0.25, 0.3) is 0 Å². The van der Waals surface area contributed by atoms with Crippen LogP contribution >= 0.6 is 11.6 Å². The molecule has 1 saturated carbocycles. The highest BCUT2D eigenvalue weighted by atomic mass is 35.5. The third-order valence-corrected chi connectivity index (χ3v) is 6.63. The highest BCUT2D eigenvalue weighted by molar-refractivity contribution is 7.90. The monoisotopic (exact) mass is 501 g/mol. The number of alkyl halides is 3. The van der Waals surface area contributed by atoms with E-state index < -0.39 is 52.5 Å². The molecule has 1 unspecified atom stereocenters. The van der Waals surface area contributed by atoms with Crippen molar-refractivity contribution < 1.29 is 40.7 Å². The fraction of sp³-hybridized carbons (Fsp3) is 0.611. The molecule has 2 atom stereocenters. The number of carbonyl (C=O) groups excluding carboxylic acids is 2. The Labute approximate surface area is 188 Å². The molecule has 0 spiro atoms. The van der Waals surface area contributed by atoms with Crippen LogP contribution in [0.5, 0.6) is 5.75 Å². The van der Waals surface area contributed by atoms with Crippen molar-refractivity contribution in [1.82, 2.24) is 14.6 Å². The number of methoxy groups -OCH3 is 1. The van der Waals surface area contributed by atoms with Gasteiger partial charge in [-0.2, -0.15) is 17.5 Å². The zero-order chi connectivity index (χ0) is 24.3. The number of rotatable bonds is 10. The molecule has 0 saturated heterocycles. The van der Waals surface area contributed by atoms with Gasteiger partial charge in [0.15, 0.2) is 0 Å². The lowest BCUT2D eigenvalue weighted by molar-refractivity contribution is -0.145. The Kier molecular flexibility index (Phi) is 8.34. The molecule has 1 N–H and O–H groups in total. The minimum atomic E-state index is -5.77. The standard InChI is InChI=1S/C18H23ClF3N3O6S/c1-10(17(27)30-3)8-25(32(28,29)18(20,21)22)11(2)9-31-13-6-14(15(19)23-7-13)16(26)24-12-4-5-12/h6-7,10-12H,4-5,8-9H2,1-3H3,(H,24,26)/t10?,11-/m0/s1. The van der Waals surface area contributed by atoms with E-state index >= 15 is 0 Å². The molecule has 1 aromatic rings. The van der Waals surface area contributed by atoms with Crippen molar-refractivity contribution in [3.63, 3.8) is 0 Å². The molecular weight excluding hydrogens is 479 g/mol. The number of nitrogens with zero attached hydrogens (tertiary/aromatic N) is 2. The topological polar surface area (TPSA) is 115 Å². The van der Waals surface area contributed by atoms with Gasteiger partial charge in [0.05, 0.1) is 30.8 Å². The molecule has 0 radical (unpaired) electrons. The van der Waals surface area contributed by atoms with Gasteiger partial charge in [-0.15, -0.1) is 0 Å². The van der Waals surface area contributed by atoms with E-state index in [1.165, 1.54) is 19.9 Å². The van der Waals surface area contributed by atoms with E-state index in [0.717, 1.165) is 26.1 Å². The van der Waals surface area contributed by atoms with Gasteiger partial charge in [0, 0.05) is 12.6 Å². The maximum atomic E-state index is 13.2. The van der Waals surface area contributed by atoms with Gasteiger partial charge < -0.3 is 14.8 Å². The predicted molar refractivity (Wildman–Crippen MR) is 108 cm³/mol. The highest BCUT2D eigenvalue weighted by Gasteiger charge is 2.52. The lowest BCUT2D eigenvalue weighted by Crippen LogP contribution is -2.50. The number of sulfonamides is 1. The molecule has 2 rings (SSSR count). The third-order valence-electron chi connectivity index (χ3n) is 4.61. The first-order chi connectivity index (χ1) is 14.8. The van der Waals surface area contributed by atoms with E-state index in [-0.39, 0.29) is 26.8 Å². The Balaban J connectivity index is 2.17. The minimum absolute atomic E-state index is 0.00701. The SMILES string of the molecule is COC(=O)C(C)CN([C@@H](C)COc1cnc(Cl)c(C(=O)NC2CC2)c1)S(=O)(=O)C(F)(F)F. The Morgan fingerprint density at radius 3 is 2.50 bits per heavy atom. The number of hydrogen-bond acceptors (Lipinski definition) is 7. The Morgan fingerprint density at radius 1 is 1.34 bits per heavy atom. The Bertz CT molecular complexity index is 956. The van der Waals surface area contributed by atoms with Gasteiger partial charge in [-0.05, 0) is 25.8 Å². The number of nitrogens with one attached hydrogen (secondary N) is 1. The molecule has 0 aromatic carbocycles. The van der Waals surface area contributed by atoms with Crippen LogP contribution in [0, 0.1) is 5.92 Å². The first-order valence-electron chi connectivity index (χ1n) is 9.53. The zero-order valence-corrected chi connectivity index (χ0v) is 19.1. The minimum Gasteiger partial charge on any atom is -0.490 e. The summed E-state index contributed by atoms with van der Waals surface area (Å²) >= 11 is 5.93. The van der Waals surface area contributed by atoms with Crippen LogP contribution in [0.2, 0.25) is 5.15 Å². The summed E-state index contributed by atoms with van der Waals surface area (Å²) in [5.74, 6) is -2.49. The molecule has 1 heterocycles. The maximum Gasteiger partial charge on any atom is 0.511 e. The summed E-state index contributed by atoms with van der Waals surface area (Å²) in [4.78, 5) is 27.7. The van der Waals surface area contributed by atoms with Crippen molar-refractivity contribution >= 4 is 33.5 Å². The second-order valence-corrected chi connectivity index (χ2v) is 9.60. The van der Waals surface area contributed by atoms with E-state index in [1.54, 1.807) is 0 Å². The number of pyridine rings is 1. The Hall–Kier alpha value is -2.12. The van der Waals surface area contributed by atoms with Crippen molar-refractivity contribution in [2.24, 2.45) is 5.92 Å². The first-order valence-corrected chi connectivity index (χ1v) is 11.3. The van der Waals surface area contributed by atoms with Gasteiger partial charge in [-0.1, -0.05) is 18.5 Å². The number of carbonyl (C=O) groups is 2. The van der Waals surface area contributed by atoms with E-state index in [4.69, 9.17) is 16.3 Å². The zero-order valence-electron chi connectivity index (χ0n) is 17.5. The van der Waals surface area contributed by atoms with Gasteiger partial charge in [0.2, 0.25) is 0 Å². The summed E-state index contributed by atoms with van der Waals surface area (Å²) in [6.45, 7) is 1.15. The third kappa shape index (κ3) is 6.45. The van der Waals surface area contributed by atoms with Crippen LogP contribution in [0.3, 0.4) is 0 Å². The molecule has 14 heteroatoms. The summed E-state index contributed by atoms with van der Waals surface area (Å²) in [5.41, 5.74) is -5.56. The first kappa shape index (κ1) is 26.1. The summed E-state index contributed by atoms with van der Waals surface area (Å²) in [5, 5.41) is 2.63. The van der Waals surface area contributed by atoms with E-state index in [1.807, 2.05) is 0 Å². The molecule has 1 fully saturated rings. The molecule has 1 amide bonds. The smallest absolute Gasteiger partial charge is 0.490 e. The lowest BCUT2D eigenvalue weighted by atomic mass is 10.2. The summed E-state index contributed by atoms with van der Waals surface area (Å²) in [6, 6.07) is -0.00588. The van der Waals surface area contributed by atoms with Gasteiger partial charge in [-0.25, -0.2) is 13.4 Å². The molecular formula is C18H23ClF3N3O6S. The van der Waals surface area contributed by atoms with Crippen molar-refractivity contribution in [2.45, 2.75) is 44.3 Å². The molecule has 32 heavy (non-hydrogen) atoms. The number of hydrogen-bond donors (Lipinski definition) is 1. The van der Waals surface area contributed by atoms with Crippen molar-refractivity contribution in [1.29, 1.82) is 0 Å². The fourth-order valence-corrected chi connectivity index (χ4v) is 4.06. The highest BCUT2D eigenvalue weighted by Crippen LogP contribution is 2.30. The fourth-order valence-electron chi connectivity index (χ4n) is 2.65. The van der Waals surface area contributed by atoms with Gasteiger partial charge in [0.25, 0.3) is 5.91 Å². The van der Waals surface area contributed by atoms with Crippen LogP contribution in [0.1, 0.15) is 37.0 Å². The largest absolute Gasteiger partial charge is 0.511 e. The molecule has 1 aliphatic carbocycles. The van der Waals surface area contributed by atoms with Crippen LogP contribution in [0.15, 0.2) is 12.3 Å². The van der Waals surface area contributed by atoms with Gasteiger partial charge >= 0.3 is 21.5 Å². The number of ether oxygens (including phenoxy) is 2. The number of esters is 1. The van der Waals surface area contributed by atoms with E-state index in [2.05, 4.69) is 15.0 Å². The van der Waals surface area contributed by atoms with E-state index in [0.29, 0.717) is 0 Å². The second kappa shape index (κ2) is 10.2. The number of amides is 1. The molecule has 9 nitrogen and oxygen atoms in total. The number of aromatic nitrogens is 1. The Morgan fingerprint density at radius 2 is 1.97 bits per heavy atom. The van der Waals surface area contributed by atoms with Crippen molar-refractivity contribution in [3.05, 3.63) is 23.0 Å².